The van der Waals surface area contributed by atoms with Crippen LogP contribution in [0.1, 0.15) is 5.82 Å². The number of nitrogen functional groups attached to an aromatic ring is 1. The Hall–Kier alpha value is -2.04. The first-order valence-corrected chi connectivity index (χ1v) is 5.10. The van der Waals surface area contributed by atoms with Crippen LogP contribution >= 0.6 is 0 Å². The van der Waals surface area contributed by atoms with E-state index in [2.05, 4.69) is 4.98 Å². The first-order chi connectivity index (χ1) is 7.66. The normalized spacial score (nSPS) is 10.6. The van der Waals surface area contributed by atoms with Crippen LogP contribution in [0.15, 0.2) is 35.6 Å². The van der Waals surface area contributed by atoms with Crippen LogP contribution in [0.5, 0.6) is 0 Å². The topological polar surface area (TPSA) is 65.8 Å². The summed E-state index contributed by atoms with van der Waals surface area (Å²) >= 11 is 0. The molecule has 0 saturated heterocycles. The molecule has 0 aliphatic heterocycles. The van der Waals surface area contributed by atoms with Gasteiger partial charge in [-0.2, -0.15) is 0 Å². The van der Waals surface area contributed by atoms with Crippen molar-refractivity contribution in [2.24, 2.45) is 0 Å². The van der Waals surface area contributed by atoms with Gasteiger partial charge in [-0.15, -0.1) is 0 Å². The van der Waals surface area contributed by atoms with Crippen LogP contribution in [0.25, 0.3) is 0 Å². The fraction of sp³-hybridized carbons (Fsp3) is 0.273. The lowest BCUT2D eigenvalue weighted by Gasteiger charge is -2.08. The molecule has 0 radical (unpaired) electrons. The summed E-state index contributed by atoms with van der Waals surface area (Å²) in [5, 5.41) is 0. The summed E-state index contributed by atoms with van der Waals surface area (Å²) in [7, 11) is 0. The van der Waals surface area contributed by atoms with Crippen molar-refractivity contribution in [1.82, 2.24) is 14.1 Å². The van der Waals surface area contributed by atoms with Gasteiger partial charge in [0.2, 0.25) is 5.43 Å². The molecule has 2 heterocycles. The summed E-state index contributed by atoms with van der Waals surface area (Å²) in [5.41, 5.74) is 5.70. The van der Waals surface area contributed by atoms with Gasteiger partial charge in [-0.25, -0.2) is 4.98 Å². The van der Waals surface area contributed by atoms with E-state index in [1.165, 1.54) is 6.07 Å². The first kappa shape index (κ1) is 10.5. The van der Waals surface area contributed by atoms with Gasteiger partial charge in [0, 0.05) is 43.9 Å². The Morgan fingerprint density at radius 2 is 2.19 bits per heavy atom. The molecule has 0 aliphatic carbocycles. The summed E-state index contributed by atoms with van der Waals surface area (Å²) in [6, 6.07) is 1.48. The average molecular weight is 218 g/mol. The number of aryl methyl sites for hydroxylation is 3. The van der Waals surface area contributed by atoms with Crippen LogP contribution in [0.4, 0.5) is 5.69 Å². The van der Waals surface area contributed by atoms with Crippen LogP contribution in [0.3, 0.4) is 0 Å². The van der Waals surface area contributed by atoms with Crippen LogP contribution in [-0.4, -0.2) is 14.1 Å². The Morgan fingerprint density at radius 1 is 1.38 bits per heavy atom. The number of nitrogens with two attached hydrogens (primary N) is 1. The van der Waals surface area contributed by atoms with Crippen molar-refractivity contribution in [2.75, 3.05) is 5.73 Å². The SMILES string of the molecule is Cc1nccn1CCn1ccc(=O)c(N)c1. The third kappa shape index (κ3) is 2.13. The molecule has 0 bridgehead atoms. The zero-order valence-corrected chi connectivity index (χ0v) is 9.13. The molecule has 0 unspecified atom stereocenters. The Bertz CT molecular complexity index is 541. The maximum absolute atomic E-state index is 11.1. The molecule has 16 heavy (non-hydrogen) atoms. The zero-order valence-electron chi connectivity index (χ0n) is 9.13. The molecule has 0 fully saturated rings. The lowest BCUT2D eigenvalue weighted by atomic mass is 10.4. The second kappa shape index (κ2) is 4.22. The Balaban J connectivity index is 2.08. The highest BCUT2D eigenvalue weighted by Gasteiger charge is 1.98. The maximum atomic E-state index is 11.1. The summed E-state index contributed by atoms with van der Waals surface area (Å²) in [4.78, 5) is 15.2. The maximum Gasteiger partial charge on any atom is 0.204 e. The molecule has 2 aromatic heterocycles. The van der Waals surface area contributed by atoms with E-state index in [0.29, 0.717) is 0 Å². The molecule has 2 rings (SSSR count). The Labute approximate surface area is 93.2 Å². The van der Waals surface area contributed by atoms with Crippen molar-refractivity contribution in [3.8, 4) is 0 Å². The van der Waals surface area contributed by atoms with E-state index in [-0.39, 0.29) is 11.1 Å². The second-order valence-corrected chi connectivity index (χ2v) is 3.67. The van der Waals surface area contributed by atoms with Gasteiger partial charge in [0.15, 0.2) is 0 Å². The third-order valence-corrected chi connectivity index (χ3v) is 2.53. The molecule has 84 valence electrons. The lowest BCUT2D eigenvalue weighted by Crippen LogP contribution is -2.13. The molecule has 0 aliphatic rings. The fourth-order valence-electron chi connectivity index (χ4n) is 1.55. The predicted molar refractivity (Wildman–Crippen MR) is 62.1 cm³/mol. The van der Waals surface area contributed by atoms with Crippen molar-refractivity contribution in [3.05, 3.63) is 46.9 Å². The predicted octanol–water partition coefficient (Wildman–Crippen LogP) is 0.636. The zero-order chi connectivity index (χ0) is 11.5. The smallest absolute Gasteiger partial charge is 0.204 e. The molecule has 5 heteroatoms. The molecule has 0 spiro atoms. The lowest BCUT2D eigenvalue weighted by molar-refractivity contribution is 0.566. The monoisotopic (exact) mass is 218 g/mol. The fourth-order valence-corrected chi connectivity index (χ4v) is 1.55. The number of anilines is 1. The minimum absolute atomic E-state index is 0.130. The van der Waals surface area contributed by atoms with Gasteiger partial charge in [0.1, 0.15) is 5.82 Å². The Morgan fingerprint density at radius 3 is 2.81 bits per heavy atom. The van der Waals surface area contributed by atoms with Crippen molar-refractivity contribution < 1.29 is 0 Å². The van der Waals surface area contributed by atoms with Crippen LogP contribution < -0.4 is 11.2 Å². The summed E-state index contributed by atoms with van der Waals surface area (Å²) < 4.78 is 3.95. The number of nitrogens with zero attached hydrogens (tertiary/aromatic N) is 3. The van der Waals surface area contributed by atoms with Crippen molar-refractivity contribution in [1.29, 1.82) is 0 Å². The highest BCUT2D eigenvalue weighted by atomic mass is 16.1. The Kier molecular flexibility index (Phi) is 2.76. The molecule has 5 nitrogen and oxygen atoms in total. The van der Waals surface area contributed by atoms with Gasteiger partial charge in [0.05, 0.1) is 5.69 Å². The van der Waals surface area contributed by atoms with E-state index in [1.54, 1.807) is 18.6 Å². The van der Waals surface area contributed by atoms with E-state index < -0.39 is 0 Å². The van der Waals surface area contributed by atoms with Gasteiger partial charge in [0.25, 0.3) is 0 Å². The summed E-state index contributed by atoms with van der Waals surface area (Å²) in [6.45, 7) is 3.54. The standard InChI is InChI=1S/C11H14N4O/c1-9-13-3-5-15(9)7-6-14-4-2-11(16)10(12)8-14/h2-5,8H,6-7,12H2,1H3. The number of rotatable bonds is 3. The van der Waals surface area contributed by atoms with E-state index in [1.807, 2.05) is 22.3 Å². The number of hydrogen-bond donors (Lipinski definition) is 1. The quantitative estimate of drug-likeness (QED) is 0.822. The van der Waals surface area contributed by atoms with Gasteiger partial charge in [-0.3, -0.25) is 4.79 Å². The molecule has 2 N–H and O–H groups in total. The number of aromatic nitrogens is 3. The minimum Gasteiger partial charge on any atom is -0.394 e. The van der Waals surface area contributed by atoms with Crippen molar-refractivity contribution in [3.63, 3.8) is 0 Å². The van der Waals surface area contributed by atoms with Gasteiger partial charge in [-0.05, 0) is 6.92 Å². The highest BCUT2D eigenvalue weighted by molar-refractivity contribution is 5.33. The second-order valence-electron chi connectivity index (χ2n) is 3.67. The van der Waals surface area contributed by atoms with Gasteiger partial charge >= 0.3 is 0 Å². The highest BCUT2D eigenvalue weighted by Crippen LogP contribution is 1.98. The number of hydrogen-bond acceptors (Lipinski definition) is 3. The van der Waals surface area contributed by atoms with E-state index in [9.17, 15) is 4.79 Å². The molecular formula is C11H14N4O. The molecule has 0 saturated carbocycles. The van der Waals surface area contributed by atoms with E-state index >= 15 is 0 Å². The van der Waals surface area contributed by atoms with Crippen LogP contribution in [-0.2, 0) is 13.1 Å². The molecular weight excluding hydrogens is 204 g/mol. The number of pyridine rings is 1. The molecule has 0 amide bonds. The summed E-state index contributed by atoms with van der Waals surface area (Å²) in [6.07, 6.45) is 7.11. The van der Waals surface area contributed by atoms with Gasteiger partial charge < -0.3 is 14.9 Å². The van der Waals surface area contributed by atoms with E-state index in [4.69, 9.17) is 5.73 Å². The van der Waals surface area contributed by atoms with Crippen LogP contribution in [0, 0.1) is 6.92 Å². The van der Waals surface area contributed by atoms with Crippen molar-refractivity contribution in [2.45, 2.75) is 20.0 Å². The van der Waals surface area contributed by atoms with E-state index in [0.717, 1.165) is 18.9 Å². The van der Waals surface area contributed by atoms with Crippen molar-refractivity contribution >= 4 is 5.69 Å². The largest absolute Gasteiger partial charge is 0.394 e. The molecule has 0 atom stereocenters. The van der Waals surface area contributed by atoms with Gasteiger partial charge in [-0.1, -0.05) is 0 Å². The third-order valence-electron chi connectivity index (χ3n) is 2.53. The molecule has 2 aromatic rings. The average Bonchev–Trinajstić information content (AvgIpc) is 2.66. The number of imidazole rings is 1. The molecule has 0 aromatic carbocycles. The minimum atomic E-state index is -0.130. The first-order valence-electron chi connectivity index (χ1n) is 5.10. The van der Waals surface area contributed by atoms with Crippen LogP contribution in [0.2, 0.25) is 0 Å². The summed E-state index contributed by atoms with van der Waals surface area (Å²) in [5.74, 6) is 0.981.